The highest BCUT2D eigenvalue weighted by Gasteiger charge is 2.06. The molecule has 2 heterocycles. The van der Waals surface area contributed by atoms with Crippen molar-refractivity contribution in [2.24, 2.45) is 0 Å². The number of pyridine rings is 1. The molecule has 0 bridgehead atoms. The minimum absolute atomic E-state index is 0.311. The Morgan fingerprint density at radius 2 is 2.33 bits per heavy atom. The van der Waals surface area contributed by atoms with Gasteiger partial charge in [0.25, 0.3) is 5.91 Å². The fraction of sp³-hybridized carbons (Fsp3) is 0.154. The van der Waals surface area contributed by atoms with E-state index in [9.17, 15) is 4.79 Å². The molecule has 0 spiro atoms. The third-order valence-electron chi connectivity index (χ3n) is 2.27. The van der Waals surface area contributed by atoms with Crippen molar-refractivity contribution in [3.63, 3.8) is 0 Å². The molecule has 0 aromatic carbocycles. The van der Waals surface area contributed by atoms with Crippen LogP contribution in [0.25, 0.3) is 5.69 Å². The predicted octanol–water partition coefficient (Wildman–Crippen LogP) is 0.907. The van der Waals surface area contributed by atoms with E-state index in [4.69, 9.17) is 0 Å². The van der Waals surface area contributed by atoms with E-state index in [0.717, 1.165) is 11.4 Å². The van der Waals surface area contributed by atoms with E-state index in [-0.39, 0.29) is 5.91 Å². The largest absolute Gasteiger partial charge is 0.340 e. The van der Waals surface area contributed by atoms with Crippen molar-refractivity contribution in [2.45, 2.75) is 13.5 Å². The maximum Gasteiger partial charge on any atom is 0.296 e. The molecule has 1 N–H and O–H groups in total. The number of nitrogens with one attached hydrogen (secondary N) is 1. The van der Waals surface area contributed by atoms with Crippen molar-refractivity contribution in [1.82, 2.24) is 20.1 Å². The van der Waals surface area contributed by atoms with Crippen LogP contribution in [0.1, 0.15) is 12.6 Å². The molecule has 1 amide bonds. The fourth-order valence-corrected chi connectivity index (χ4v) is 1.51. The summed E-state index contributed by atoms with van der Waals surface area (Å²) in [5.41, 5.74) is 1.58. The zero-order valence-corrected chi connectivity index (χ0v) is 9.92. The van der Waals surface area contributed by atoms with Gasteiger partial charge in [-0.3, -0.25) is 9.78 Å². The first-order chi connectivity index (χ1) is 8.81. The van der Waals surface area contributed by atoms with Crippen molar-refractivity contribution in [3.8, 4) is 17.5 Å². The number of aromatic nitrogens is 3. The molecule has 18 heavy (non-hydrogen) atoms. The Morgan fingerprint density at radius 3 is 3.06 bits per heavy atom. The normalized spacial score (nSPS) is 9.39. The summed E-state index contributed by atoms with van der Waals surface area (Å²) in [5, 5.41) is 6.83. The van der Waals surface area contributed by atoms with Gasteiger partial charge >= 0.3 is 0 Å². The minimum Gasteiger partial charge on any atom is -0.340 e. The number of rotatable bonds is 3. The zero-order chi connectivity index (χ0) is 12.8. The van der Waals surface area contributed by atoms with Gasteiger partial charge in [0.1, 0.15) is 0 Å². The highest BCUT2D eigenvalue weighted by molar-refractivity contribution is 5.93. The van der Waals surface area contributed by atoms with E-state index in [1.807, 2.05) is 24.4 Å². The number of amides is 1. The molecule has 0 atom stereocenters. The lowest BCUT2D eigenvalue weighted by Gasteiger charge is -2.08. The van der Waals surface area contributed by atoms with Crippen LogP contribution in [0.2, 0.25) is 0 Å². The summed E-state index contributed by atoms with van der Waals surface area (Å²) in [7, 11) is 0. The molecule has 0 aliphatic heterocycles. The first-order valence-corrected chi connectivity index (χ1v) is 5.46. The van der Waals surface area contributed by atoms with Crippen LogP contribution in [0.15, 0.2) is 36.8 Å². The molecule has 0 aliphatic rings. The molecular formula is C13H12N4O. The SMILES string of the molecule is CC#CC(=O)NCc1ncccc1-n1cccn1. The molecule has 5 heteroatoms. The second-order valence-electron chi connectivity index (χ2n) is 3.48. The summed E-state index contributed by atoms with van der Waals surface area (Å²) in [6.45, 7) is 1.94. The standard InChI is InChI=1S/C13H12N4O/c1-2-5-13(18)15-10-11-12(6-3-7-14-11)17-9-4-8-16-17/h3-4,6-9H,10H2,1H3,(H,15,18). The van der Waals surface area contributed by atoms with Crippen LogP contribution in [-0.2, 0) is 11.3 Å². The van der Waals surface area contributed by atoms with Crippen LogP contribution in [-0.4, -0.2) is 20.7 Å². The Kier molecular flexibility index (Phi) is 3.72. The van der Waals surface area contributed by atoms with Crippen molar-refractivity contribution in [2.75, 3.05) is 0 Å². The molecule has 0 radical (unpaired) electrons. The predicted molar refractivity (Wildman–Crippen MR) is 66.7 cm³/mol. The number of carbonyl (C=O) groups excluding carboxylic acids is 1. The maximum absolute atomic E-state index is 11.3. The zero-order valence-electron chi connectivity index (χ0n) is 9.92. The van der Waals surface area contributed by atoms with Gasteiger partial charge in [0.2, 0.25) is 0 Å². The first kappa shape index (κ1) is 11.9. The average molecular weight is 240 g/mol. The molecule has 0 fully saturated rings. The van der Waals surface area contributed by atoms with Crippen LogP contribution < -0.4 is 5.32 Å². The highest BCUT2D eigenvalue weighted by atomic mass is 16.1. The van der Waals surface area contributed by atoms with Gasteiger partial charge in [0.05, 0.1) is 17.9 Å². The van der Waals surface area contributed by atoms with Crippen molar-refractivity contribution < 1.29 is 4.79 Å². The Balaban J connectivity index is 2.18. The van der Waals surface area contributed by atoms with Gasteiger partial charge in [-0.1, -0.05) is 5.92 Å². The first-order valence-electron chi connectivity index (χ1n) is 5.46. The van der Waals surface area contributed by atoms with E-state index in [1.165, 1.54) is 0 Å². The lowest BCUT2D eigenvalue weighted by molar-refractivity contribution is -0.115. The second kappa shape index (κ2) is 5.64. The van der Waals surface area contributed by atoms with E-state index < -0.39 is 0 Å². The molecule has 0 saturated carbocycles. The Bertz CT molecular complexity index is 593. The molecule has 2 aromatic heterocycles. The lowest BCUT2D eigenvalue weighted by Crippen LogP contribution is -2.22. The van der Waals surface area contributed by atoms with Crippen molar-refractivity contribution >= 4 is 5.91 Å². The number of hydrogen-bond acceptors (Lipinski definition) is 3. The summed E-state index contributed by atoms with van der Waals surface area (Å²) in [5.74, 6) is 4.66. The van der Waals surface area contributed by atoms with Gasteiger partial charge in [-0.15, -0.1) is 0 Å². The number of hydrogen-bond donors (Lipinski definition) is 1. The molecule has 0 saturated heterocycles. The van der Waals surface area contributed by atoms with E-state index in [2.05, 4.69) is 27.2 Å². The van der Waals surface area contributed by atoms with Gasteiger partial charge in [0, 0.05) is 18.6 Å². The van der Waals surface area contributed by atoms with Gasteiger partial charge < -0.3 is 5.32 Å². The fourth-order valence-electron chi connectivity index (χ4n) is 1.51. The topological polar surface area (TPSA) is 59.8 Å². The average Bonchev–Trinajstić information content (AvgIpc) is 2.91. The highest BCUT2D eigenvalue weighted by Crippen LogP contribution is 2.10. The molecule has 2 aromatic rings. The van der Waals surface area contributed by atoms with Gasteiger partial charge in [-0.2, -0.15) is 5.10 Å². The molecule has 0 aliphatic carbocycles. The van der Waals surface area contributed by atoms with Gasteiger partial charge in [-0.05, 0) is 31.0 Å². The third-order valence-corrected chi connectivity index (χ3v) is 2.27. The van der Waals surface area contributed by atoms with E-state index in [1.54, 1.807) is 24.0 Å². The number of carbonyl (C=O) groups is 1. The summed E-state index contributed by atoms with van der Waals surface area (Å²) in [4.78, 5) is 15.5. The van der Waals surface area contributed by atoms with Crippen molar-refractivity contribution in [1.29, 1.82) is 0 Å². The smallest absolute Gasteiger partial charge is 0.296 e. The molecule has 0 unspecified atom stereocenters. The maximum atomic E-state index is 11.3. The van der Waals surface area contributed by atoms with Crippen LogP contribution in [0.4, 0.5) is 0 Å². The van der Waals surface area contributed by atoms with Crippen molar-refractivity contribution in [3.05, 3.63) is 42.5 Å². The van der Waals surface area contributed by atoms with Crippen LogP contribution in [0.5, 0.6) is 0 Å². The lowest BCUT2D eigenvalue weighted by atomic mass is 10.3. The Hall–Kier alpha value is -2.61. The van der Waals surface area contributed by atoms with Crippen LogP contribution >= 0.6 is 0 Å². The van der Waals surface area contributed by atoms with Crippen LogP contribution in [0, 0.1) is 11.8 Å². The molecular weight excluding hydrogens is 228 g/mol. The Labute approximate surface area is 105 Å². The third kappa shape index (κ3) is 2.74. The molecule has 90 valence electrons. The summed E-state index contributed by atoms with van der Waals surface area (Å²) < 4.78 is 1.71. The van der Waals surface area contributed by atoms with Gasteiger partial charge in [0.15, 0.2) is 0 Å². The monoisotopic (exact) mass is 240 g/mol. The van der Waals surface area contributed by atoms with E-state index in [0.29, 0.717) is 6.54 Å². The molecule has 5 nitrogen and oxygen atoms in total. The summed E-state index contributed by atoms with van der Waals surface area (Å²) >= 11 is 0. The quantitative estimate of drug-likeness (QED) is 0.811. The Morgan fingerprint density at radius 1 is 1.44 bits per heavy atom. The molecule has 2 rings (SSSR count). The summed E-state index contributed by atoms with van der Waals surface area (Å²) in [6.07, 6.45) is 5.20. The van der Waals surface area contributed by atoms with Gasteiger partial charge in [-0.25, -0.2) is 4.68 Å². The second-order valence-corrected chi connectivity index (χ2v) is 3.48. The van der Waals surface area contributed by atoms with Crippen LogP contribution in [0.3, 0.4) is 0 Å². The summed E-state index contributed by atoms with van der Waals surface area (Å²) in [6, 6.07) is 5.55. The minimum atomic E-state index is -0.311. The van der Waals surface area contributed by atoms with E-state index >= 15 is 0 Å². The number of nitrogens with zero attached hydrogens (tertiary/aromatic N) is 3.